The molecule has 0 radical (unpaired) electrons. The van der Waals surface area contributed by atoms with Crippen LogP contribution in [0.3, 0.4) is 0 Å². The number of thioether (sulfide) groups is 1. The van der Waals surface area contributed by atoms with Gasteiger partial charge in [-0.05, 0) is 6.07 Å². The van der Waals surface area contributed by atoms with Crippen molar-refractivity contribution in [1.29, 1.82) is 0 Å². The second-order valence-corrected chi connectivity index (χ2v) is 5.73. The standard InChI is InChI=1S/C14H11F3N4O2S/c15-14(16,17)7-19-11(22)6-24-13-21-20-12(23-13)9-5-18-10-4-2-1-3-8(9)10/h1-5,18H,6-7H2,(H,19,22). The number of aromatic amines is 1. The SMILES string of the molecule is O=C(CSc1nnc(-c2c[nH]c3ccccc23)o1)NCC(F)(F)F. The second kappa shape index (κ2) is 6.56. The molecule has 2 heterocycles. The van der Waals surface area contributed by atoms with E-state index >= 15 is 0 Å². The molecule has 10 heteroatoms. The third-order valence-electron chi connectivity index (χ3n) is 3.04. The summed E-state index contributed by atoms with van der Waals surface area (Å²) in [6.45, 7) is -1.36. The summed E-state index contributed by atoms with van der Waals surface area (Å²) in [6, 6.07) is 7.55. The van der Waals surface area contributed by atoms with Gasteiger partial charge in [0.15, 0.2) is 0 Å². The summed E-state index contributed by atoms with van der Waals surface area (Å²) >= 11 is 0.873. The molecule has 1 amide bonds. The molecule has 3 rings (SSSR count). The summed E-state index contributed by atoms with van der Waals surface area (Å²) in [5, 5.41) is 10.5. The molecular formula is C14H11F3N4O2S. The van der Waals surface area contributed by atoms with Crippen LogP contribution in [0.15, 0.2) is 40.1 Å². The van der Waals surface area contributed by atoms with Gasteiger partial charge < -0.3 is 14.7 Å². The second-order valence-electron chi connectivity index (χ2n) is 4.80. The van der Waals surface area contributed by atoms with Crippen LogP contribution in [0, 0.1) is 0 Å². The summed E-state index contributed by atoms with van der Waals surface area (Å²) in [6.07, 6.45) is -2.71. The van der Waals surface area contributed by atoms with E-state index in [0.29, 0.717) is 5.56 Å². The maximum Gasteiger partial charge on any atom is 0.405 e. The van der Waals surface area contributed by atoms with Crippen molar-refractivity contribution in [3.63, 3.8) is 0 Å². The van der Waals surface area contributed by atoms with Crippen molar-refractivity contribution < 1.29 is 22.4 Å². The lowest BCUT2D eigenvalue weighted by Gasteiger charge is -2.06. The molecule has 0 unspecified atom stereocenters. The molecule has 0 bridgehead atoms. The van der Waals surface area contributed by atoms with E-state index < -0.39 is 18.6 Å². The van der Waals surface area contributed by atoms with Crippen LogP contribution in [0.5, 0.6) is 0 Å². The van der Waals surface area contributed by atoms with Crippen molar-refractivity contribution >= 4 is 28.6 Å². The fraction of sp³-hybridized carbons (Fsp3) is 0.214. The van der Waals surface area contributed by atoms with Gasteiger partial charge in [0.2, 0.25) is 5.91 Å². The fourth-order valence-corrected chi connectivity index (χ4v) is 2.60. The van der Waals surface area contributed by atoms with Gasteiger partial charge in [0.25, 0.3) is 11.1 Å². The third-order valence-corrected chi connectivity index (χ3v) is 3.86. The van der Waals surface area contributed by atoms with Gasteiger partial charge in [-0.3, -0.25) is 4.79 Å². The molecule has 0 spiro atoms. The highest BCUT2D eigenvalue weighted by Crippen LogP contribution is 2.29. The molecule has 126 valence electrons. The Morgan fingerprint density at radius 2 is 2.08 bits per heavy atom. The highest BCUT2D eigenvalue weighted by Gasteiger charge is 2.27. The molecule has 0 atom stereocenters. The van der Waals surface area contributed by atoms with Crippen LogP contribution in [0.1, 0.15) is 0 Å². The molecule has 24 heavy (non-hydrogen) atoms. The van der Waals surface area contributed by atoms with Crippen LogP contribution in [0.25, 0.3) is 22.4 Å². The van der Waals surface area contributed by atoms with Gasteiger partial charge in [0.05, 0.1) is 11.3 Å². The number of amides is 1. The number of rotatable bonds is 5. The minimum absolute atomic E-state index is 0.109. The number of halogens is 3. The van der Waals surface area contributed by atoms with E-state index in [2.05, 4.69) is 15.2 Å². The summed E-state index contributed by atoms with van der Waals surface area (Å²) in [7, 11) is 0. The minimum atomic E-state index is -4.44. The van der Waals surface area contributed by atoms with Crippen molar-refractivity contribution in [1.82, 2.24) is 20.5 Å². The van der Waals surface area contributed by atoms with Crippen LogP contribution >= 0.6 is 11.8 Å². The van der Waals surface area contributed by atoms with Crippen LogP contribution < -0.4 is 5.32 Å². The van der Waals surface area contributed by atoms with Crippen LogP contribution in [0.4, 0.5) is 13.2 Å². The molecule has 2 aromatic heterocycles. The lowest BCUT2D eigenvalue weighted by Crippen LogP contribution is -2.34. The Bertz CT molecular complexity index is 859. The molecule has 6 nitrogen and oxygen atoms in total. The Balaban J connectivity index is 1.63. The highest BCUT2D eigenvalue weighted by molar-refractivity contribution is 7.99. The molecule has 0 aliphatic carbocycles. The molecule has 3 aromatic rings. The number of benzene rings is 1. The van der Waals surface area contributed by atoms with Crippen LogP contribution in [0.2, 0.25) is 0 Å². The number of hydrogen-bond acceptors (Lipinski definition) is 5. The Morgan fingerprint density at radius 3 is 2.88 bits per heavy atom. The van der Waals surface area contributed by atoms with Gasteiger partial charge in [-0.1, -0.05) is 30.0 Å². The summed E-state index contributed by atoms with van der Waals surface area (Å²) < 4.78 is 41.5. The Morgan fingerprint density at radius 1 is 1.29 bits per heavy atom. The monoisotopic (exact) mass is 356 g/mol. The molecule has 0 aliphatic heterocycles. The predicted molar refractivity (Wildman–Crippen MR) is 81.4 cm³/mol. The van der Waals surface area contributed by atoms with Crippen molar-refractivity contribution in [3.8, 4) is 11.5 Å². The fourth-order valence-electron chi connectivity index (χ4n) is 2.00. The average Bonchev–Trinajstić information content (AvgIpc) is 3.16. The molecule has 2 N–H and O–H groups in total. The molecule has 0 fully saturated rings. The van der Waals surface area contributed by atoms with Gasteiger partial charge in [0, 0.05) is 17.1 Å². The number of H-pyrrole nitrogens is 1. The highest BCUT2D eigenvalue weighted by atomic mass is 32.2. The number of fused-ring (bicyclic) bond motifs is 1. The molecule has 0 saturated heterocycles. The normalized spacial score (nSPS) is 11.8. The molecule has 0 saturated carbocycles. The van der Waals surface area contributed by atoms with E-state index in [9.17, 15) is 18.0 Å². The predicted octanol–water partition coefficient (Wildman–Crippen LogP) is 2.99. The average molecular weight is 356 g/mol. The minimum Gasteiger partial charge on any atom is -0.411 e. The van der Waals surface area contributed by atoms with E-state index in [0.717, 1.165) is 22.7 Å². The first kappa shape index (κ1) is 16.4. The molecule has 0 aliphatic rings. The van der Waals surface area contributed by atoms with E-state index in [1.807, 2.05) is 24.3 Å². The zero-order valence-electron chi connectivity index (χ0n) is 12.1. The van der Waals surface area contributed by atoms with Crippen molar-refractivity contribution in [2.75, 3.05) is 12.3 Å². The quantitative estimate of drug-likeness (QED) is 0.687. The largest absolute Gasteiger partial charge is 0.411 e. The number of para-hydroxylation sites is 1. The van der Waals surface area contributed by atoms with E-state index in [-0.39, 0.29) is 16.9 Å². The van der Waals surface area contributed by atoms with Crippen molar-refractivity contribution in [3.05, 3.63) is 30.5 Å². The van der Waals surface area contributed by atoms with Crippen LogP contribution in [-0.4, -0.2) is 39.6 Å². The number of hydrogen-bond donors (Lipinski definition) is 2. The summed E-state index contributed by atoms with van der Waals surface area (Å²) in [4.78, 5) is 14.4. The number of carbonyl (C=O) groups is 1. The van der Waals surface area contributed by atoms with Gasteiger partial charge >= 0.3 is 6.18 Å². The first-order valence-electron chi connectivity index (χ1n) is 6.78. The number of aromatic nitrogens is 3. The van der Waals surface area contributed by atoms with Crippen molar-refractivity contribution in [2.24, 2.45) is 0 Å². The molecular weight excluding hydrogens is 345 g/mol. The number of nitrogens with one attached hydrogen (secondary N) is 2. The number of alkyl halides is 3. The van der Waals surface area contributed by atoms with Crippen molar-refractivity contribution in [2.45, 2.75) is 11.4 Å². The zero-order valence-corrected chi connectivity index (χ0v) is 12.9. The Labute approximate surface area is 137 Å². The zero-order chi connectivity index (χ0) is 17.2. The maximum atomic E-state index is 12.0. The smallest absolute Gasteiger partial charge is 0.405 e. The van der Waals surface area contributed by atoms with E-state index in [1.54, 1.807) is 11.5 Å². The first-order valence-corrected chi connectivity index (χ1v) is 7.77. The Kier molecular flexibility index (Phi) is 4.47. The van der Waals surface area contributed by atoms with E-state index in [4.69, 9.17) is 4.42 Å². The number of carbonyl (C=O) groups excluding carboxylic acids is 1. The first-order chi connectivity index (χ1) is 11.4. The number of nitrogens with zero attached hydrogens (tertiary/aromatic N) is 2. The maximum absolute atomic E-state index is 12.0. The Hall–Kier alpha value is -2.49. The summed E-state index contributed by atoms with van der Waals surface area (Å²) in [5.74, 6) is -0.735. The van der Waals surface area contributed by atoms with Gasteiger partial charge in [-0.25, -0.2) is 0 Å². The topological polar surface area (TPSA) is 83.8 Å². The van der Waals surface area contributed by atoms with Gasteiger partial charge in [0.1, 0.15) is 6.54 Å². The van der Waals surface area contributed by atoms with Gasteiger partial charge in [-0.2, -0.15) is 13.2 Å². The van der Waals surface area contributed by atoms with E-state index in [1.165, 1.54) is 0 Å². The lowest BCUT2D eigenvalue weighted by atomic mass is 10.2. The summed E-state index contributed by atoms with van der Waals surface area (Å²) in [5.41, 5.74) is 1.62. The lowest BCUT2D eigenvalue weighted by molar-refractivity contribution is -0.136. The molecule has 1 aromatic carbocycles. The van der Waals surface area contributed by atoms with Crippen LogP contribution in [-0.2, 0) is 4.79 Å². The third kappa shape index (κ3) is 3.88. The van der Waals surface area contributed by atoms with Gasteiger partial charge in [-0.15, -0.1) is 10.2 Å².